The number of hydrogen-bond acceptors (Lipinski definition) is 4. The predicted octanol–water partition coefficient (Wildman–Crippen LogP) is 5.13. The summed E-state index contributed by atoms with van der Waals surface area (Å²) in [6.45, 7) is 2.49. The third-order valence-electron chi connectivity index (χ3n) is 5.48. The minimum absolute atomic E-state index is 0.166. The van der Waals surface area contributed by atoms with Gasteiger partial charge in [-0.25, -0.2) is 0 Å². The molecule has 30 heavy (non-hydrogen) atoms. The molecule has 2 aromatic carbocycles. The molecule has 0 aliphatic carbocycles. The van der Waals surface area contributed by atoms with E-state index in [2.05, 4.69) is 6.92 Å². The van der Waals surface area contributed by atoms with Crippen LogP contribution in [-0.4, -0.2) is 28.2 Å². The highest BCUT2D eigenvalue weighted by Gasteiger charge is 2.43. The van der Waals surface area contributed by atoms with Crippen molar-refractivity contribution in [2.24, 2.45) is 0 Å². The SMILES string of the molecule is CCc1ccc(C2C(C(=O)c3cccs3)=C(O)C(=O)N2CCc2ccccc2)cc1. The van der Waals surface area contributed by atoms with Crippen molar-refractivity contribution in [3.63, 3.8) is 0 Å². The Morgan fingerprint density at radius 1 is 1.00 bits per heavy atom. The zero-order valence-electron chi connectivity index (χ0n) is 16.7. The van der Waals surface area contributed by atoms with Crippen molar-refractivity contribution in [3.05, 3.63) is 105 Å². The molecular weight excluding hydrogens is 394 g/mol. The fraction of sp³-hybridized carbons (Fsp3) is 0.200. The van der Waals surface area contributed by atoms with Crippen LogP contribution in [0.5, 0.6) is 0 Å². The fourth-order valence-electron chi connectivity index (χ4n) is 3.83. The summed E-state index contributed by atoms with van der Waals surface area (Å²) in [5.74, 6) is -1.22. The van der Waals surface area contributed by atoms with Gasteiger partial charge in [0, 0.05) is 6.54 Å². The number of nitrogens with zero attached hydrogens (tertiary/aromatic N) is 1. The summed E-state index contributed by atoms with van der Waals surface area (Å²) in [4.78, 5) is 28.3. The second kappa shape index (κ2) is 8.67. The molecule has 1 atom stereocenters. The maximum absolute atomic E-state index is 13.2. The molecule has 0 spiro atoms. The number of carbonyl (C=O) groups excluding carboxylic acids is 2. The van der Waals surface area contributed by atoms with E-state index in [0.29, 0.717) is 17.8 Å². The summed E-state index contributed by atoms with van der Waals surface area (Å²) in [7, 11) is 0. The highest BCUT2D eigenvalue weighted by atomic mass is 32.1. The monoisotopic (exact) mass is 417 g/mol. The number of Topliss-reactive ketones (excluding diaryl/α,β-unsaturated/α-hetero) is 1. The lowest BCUT2D eigenvalue weighted by atomic mass is 9.94. The van der Waals surface area contributed by atoms with Crippen molar-refractivity contribution in [2.45, 2.75) is 25.8 Å². The van der Waals surface area contributed by atoms with E-state index >= 15 is 0 Å². The van der Waals surface area contributed by atoms with Crippen LogP contribution in [0.25, 0.3) is 0 Å². The van der Waals surface area contributed by atoms with Gasteiger partial charge < -0.3 is 10.0 Å². The molecule has 0 saturated heterocycles. The summed E-state index contributed by atoms with van der Waals surface area (Å²) in [6.07, 6.45) is 1.55. The van der Waals surface area contributed by atoms with Crippen molar-refractivity contribution in [3.8, 4) is 0 Å². The Kier molecular flexibility index (Phi) is 5.81. The van der Waals surface area contributed by atoms with Crippen LogP contribution in [0.15, 0.2) is 83.4 Å². The van der Waals surface area contributed by atoms with Gasteiger partial charge in [0.1, 0.15) is 0 Å². The second-order valence-corrected chi connectivity index (χ2v) is 8.25. The molecule has 0 saturated carbocycles. The number of rotatable bonds is 7. The summed E-state index contributed by atoms with van der Waals surface area (Å²) >= 11 is 1.31. The van der Waals surface area contributed by atoms with Gasteiger partial charge in [0.15, 0.2) is 5.76 Å². The maximum Gasteiger partial charge on any atom is 0.290 e. The van der Waals surface area contributed by atoms with Gasteiger partial charge in [0.05, 0.1) is 16.5 Å². The first-order chi connectivity index (χ1) is 14.6. The average Bonchev–Trinajstić information content (AvgIpc) is 3.41. The van der Waals surface area contributed by atoms with Gasteiger partial charge in [-0.05, 0) is 41.0 Å². The molecule has 1 aliphatic rings. The molecule has 1 aliphatic heterocycles. The van der Waals surface area contributed by atoms with Gasteiger partial charge in [-0.2, -0.15) is 0 Å². The maximum atomic E-state index is 13.2. The number of aryl methyl sites for hydroxylation is 1. The van der Waals surface area contributed by atoms with Gasteiger partial charge in [0.2, 0.25) is 5.78 Å². The molecule has 5 heteroatoms. The summed E-state index contributed by atoms with van der Waals surface area (Å²) in [5.41, 5.74) is 3.28. The molecule has 2 heterocycles. The van der Waals surface area contributed by atoms with Crippen LogP contribution in [0.2, 0.25) is 0 Å². The number of aliphatic hydroxyl groups excluding tert-OH is 1. The van der Waals surface area contributed by atoms with Crippen LogP contribution in [0.4, 0.5) is 0 Å². The van der Waals surface area contributed by atoms with Gasteiger partial charge >= 0.3 is 0 Å². The number of benzene rings is 2. The van der Waals surface area contributed by atoms with E-state index in [1.165, 1.54) is 16.9 Å². The molecule has 1 unspecified atom stereocenters. The first-order valence-electron chi connectivity index (χ1n) is 10.0. The molecule has 1 aromatic heterocycles. The van der Waals surface area contributed by atoms with Crippen molar-refractivity contribution in [1.82, 2.24) is 4.90 Å². The van der Waals surface area contributed by atoms with Gasteiger partial charge in [-0.3, -0.25) is 9.59 Å². The van der Waals surface area contributed by atoms with E-state index in [9.17, 15) is 14.7 Å². The van der Waals surface area contributed by atoms with Gasteiger partial charge in [-0.1, -0.05) is 67.6 Å². The molecule has 1 amide bonds. The Morgan fingerprint density at radius 3 is 2.37 bits per heavy atom. The highest BCUT2D eigenvalue weighted by molar-refractivity contribution is 7.12. The van der Waals surface area contributed by atoms with E-state index in [4.69, 9.17) is 0 Å². The summed E-state index contributed by atoms with van der Waals surface area (Å²) in [6, 6.07) is 20.7. The molecular formula is C25H23NO3S. The lowest BCUT2D eigenvalue weighted by Crippen LogP contribution is -2.33. The average molecular weight is 418 g/mol. The van der Waals surface area contributed by atoms with Crippen LogP contribution in [-0.2, 0) is 17.6 Å². The molecule has 0 radical (unpaired) electrons. The Hall–Kier alpha value is -3.18. The summed E-state index contributed by atoms with van der Waals surface area (Å²) < 4.78 is 0. The van der Waals surface area contributed by atoms with Gasteiger partial charge in [0.25, 0.3) is 5.91 Å². The van der Waals surface area contributed by atoms with Crippen LogP contribution in [0.1, 0.15) is 39.3 Å². The zero-order valence-corrected chi connectivity index (χ0v) is 17.6. The number of ketones is 1. The molecule has 4 nitrogen and oxygen atoms in total. The standard InChI is InChI=1S/C25H23NO3S/c1-2-17-10-12-19(13-11-17)22-21(23(27)20-9-6-16-30-20)24(28)25(29)26(22)15-14-18-7-4-3-5-8-18/h3-13,16,22,28H,2,14-15H2,1H3. The Balaban J connectivity index is 1.71. The molecule has 4 rings (SSSR count). The predicted molar refractivity (Wildman–Crippen MR) is 119 cm³/mol. The van der Waals surface area contributed by atoms with E-state index in [0.717, 1.165) is 17.5 Å². The molecule has 0 fully saturated rings. The third kappa shape index (κ3) is 3.81. The number of thiophene rings is 1. The van der Waals surface area contributed by atoms with Crippen LogP contribution in [0, 0.1) is 0 Å². The smallest absolute Gasteiger partial charge is 0.290 e. The molecule has 0 bridgehead atoms. The van der Waals surface area contributed by atoms with Crippen LogP contribution >= 0.6 is 11.3 Å². The van der Waals surface area contributed by atoms with Crippen LogP contribution < -0.4 is 0 Å². The molecule has 152 valence electrons. The number of aliphatic hydroxyl groups is 1. The lowest BCUT2D eigenvalue weighted by Gasteiger charge is -2.27. The van der Waals surface area contributed by atoms with Crippen molar-refractivity contribution in [1.29, 1.82) is 0 Å². The Morgan fingerprint density at radius 2 is 1.73 bits per heavy atom. The zero-order chi connectivity index (χ0) is 21.1. The number of carbonyl (C=O) groups is 2. The number of hydrogen-bond donors (Lipinski definition) is 1. The minimum atomic E-state index is -0.596. The first kappa shape index (κ1) is 20.1. The van der Waals surface area contributed by atoms with E-state index in [-0.39, 0.29) is 11.4 Å². The largest absolute Gasteiger partial charge is 0.503 e. The van der Waals surface area contributed by atoms with Crippen molar-refractivity contribution < 1.29 is 14.7 Å². The normalized spacial score (nSPS) is 16.4. The highest BCUT2D eigenvalue weighted by Crippen LogP contribution is 2.39. The van der Waals surface area contributed by atoms with Crippen molar-refractivity contribution in [2.75, 3.05) is 6.54 Å². The molecule has 3 aromatic rings. The fourth-order valence-corrected chi connectivity index (χ4v) is 4.51. The van der Waals surface area contributed by atoms with Gasteiger partial charge in [-0.15, -0.1) is 11.3 Å². The Labute approximate surface area is 180 Å². The lowest BCUT2D eigenvalue weighted by molar-refractivity contribution is -0.129. The first-order valence-corrected chi connectivity index (χ1v) is 10.9. The Bertz CT molecular complexity index is 1070. The number of amides is 1. The third-order valence-corrected chi connectivity index (χ3v) is 6.35. The van der Waals surface area contributed by atoms with E-state index in [1.54, 1.807) is 17.0 Å². The topological polar surface area (TPSA) is 57.6 Å². The van der Waals surface area contributed by atoms with E-state index < -0.39 is 17.7 Å². The molecule has 1 N–H and O–H groups in total. The van der Waals surface area contributed by atoms with Crippen LogP contribution in [0.3, 0.4) is 0 Å². The second-order valence-electron chi connectivity index (χ2n) is 7.30. The summed E-state index contributed by atoms with van der Waals surface area (Å²) in [5, 5.41) is 12.5. The minimum Gasteiger partial charge on any atom is -0.503 e. The quantitative estimate of drug-likeness (QED) is 0.542. The van der Waals surface area contributed by atoms with E-state index in [1.807, 2.05) is 60.0 Å². The van der Waals surface area contributed by atoms with Crippen molar-refractivity contribution >= 4 is 23.0 Å².